The molecule has 0 spiro atoms. The average molecular weight is 490 g/mol. The Balaban J connectivity index is 1.34. The highest BCUT2D eigenvalue weighted by molar-refractivity contribution is 5.92. The zero-order valence-corrected chi connectivity index (χ0v) is 18.6. The van der Waals surface area contributed by atoms with Crippen molar-refractivity contribution < 1.29 is 22.4 Å². The van der Waals surface area contributed by atoms with Crippen LogP contribution >= 0.6 is 0 Å². The molecule has 0 unspecified atom stereocenters. The molecule has 1 amide bonds. The summed E-state index contributed by atoms with van der Waals surface area (Å²) >= 11 is 0. The molecule has 36 heavy (non-hydrogen) atoms. The molecule has 3 heterocycles. The summed E-state index contributed by atoms with van der Waals surface area (Å²) in [7, 11) is 0. The van der Waals surface area contributed by atoms with Crippen molar-refractivity contribution in [1.82, 2.24) is 14.4 Å². The fourth-order valence-corrected chi connectivity index (χ4v) is 3.92. The number of benzene rings is 2. The molecule has 180 valence electrons. The van der Waals surface area contributed by atoms with E-state index in [2.05, 4.69) is 15.3 Å². The first-order valence-corrected chi connectivity index (χ1v) is 10.9. The van der Waals surface area contributed by atoms with Crippen molar-refractivity contribution >= 4 is 17.2 Å². The van der Waals surface area contributed by atoms with E-state index in [1.807, 2.05) is 34.9 Å². The number of alkyl halides is 3. The summed E-state index contributed by atoms with van der Waals surface area (Å²) in [5, 5.41) is 2.39. The number of hydrogen-bond acceptors (Lipinski definition) is 3. The second-order valence-corrected chi connectivity index (χ2v) is 8.13. The van der Waals surface area contributed by atoms with Gasteiger partial charge in [0.15, 0.2) is 0 Å². The van der Waals surface area contributed by atoms with Crippen molar-refractivity contribution in [3.05, 3.63) is 108 Å². The summed E-state index contributed by atoms with van der Waals surface area (Å²) in [5.41, 5.74) is 3.12. The molecule has 5 rings (SSSR count). The lowest BCUT2D eigenvalue weighted by molar-refractivity contribution is -0.137. The van der Waals surface area contributed by atoms with Crippen LogP contribution < -0.4 is 5.32 Å². The normalized spacial score (nSPS) is 11.6. The molecule has 3 aromatic heterocycles. The van der Waals surface area contributed by atoms with Gasteiger partial charge in [-0.05, 0) is 65.2 Å². The topological polar surface area (TPSA) is 59.3 Å². The van der Waals surface area contributed by atoms with Crippen LogP contribution in [-0.2, 0) is 17.4 Å². The number of pyridine rings is 2. The first-order chi connectivity index (χ1) is 17.3. The Hall–Kier alpha value is -4.53. The molecule has 0 aliphatic rings. The van der Waals surface area contributed by atoms with E-state index >= 15 is 0 Å². The van der Waals surface area contributed by atoms with E-state index in [1.165, 1.54) is 24.3 Å². The Bertz CT molecular complexity index is 1560. The van der Waals surface area contributed by atoms with Gasteiger partial charge in [0.05, 0.1) is 23.9 Å². The molecule has 0 saturated carbocycles. The Labute approximate surface area is 203 Å². The van der Waals surface area contributed by atoms with Crippen molar-refractivity contribution in [3.63, 3.8) is 0 Å². The number of carbonyl (C=O) groups is 1. The molecule has 0 aliphatic carbocycles. The van der Waals surface area contributed by atoms with Gasteiger partial charge in [0.1, 0.15) is 11.5 Å². The van der Waals surface area contributed by atoms with Crippen LogP contribution in [0.15, 0.2) is 91.5 Å². The summed E-state index contributed by atoms with van der Waals surface area (Å²) in [6.45, 7) is 0. The van der Waals surface area contributed by atoms with Crippen LogP contribution in [0.5, 0.6) is 0 Å². The van der Waals surface area contributed by atoms with E-state index in [0.29, 0.717) is 16.9 Å². The van der Waals surface area contributed by atoms with Crippen LogP contribution in [0.25, 0.3) is 28.0 Å². The molecule has 0 fully saturated rings. The van der Waals surface area contributed by atoms with Gasteiger partial charge in [0, 0.05) is 29.8 Å². The van der Waals surface area contributed by atoms with E-state index < -0.39 is 23.5 Å². The van der Waals surface area contributed by atoms with Crippen LogP contribution in [0.3, 0.4) is 0 Å². The van der Waals surface area contributed by atoms with Crippen molar-refractivity contribution in [3.8, 4) is 22.4 Å². The van der Waals surface area contributed by atoms with Crippen LogP contribution in [0, 0.1) is 5.82 Å². The number of fused-ring (bicyclic) bond motifs is 1. The maximum atomic E-state index is 14.9. The number of halogens is 4. The quantitative estimate of drug-likeness (QED) is 0.290. The third kappa shape index (κ3) is 4.81. The van der Waals surface area contributed by atoms with E-state index in [9.17, 15) is 22.4 Å². The fraction of sp³-hybridized carbons (Fsp3) is 0.0741. The number of anilines is 1. The number of amides is 1. The van der Waals surface area contributed by atoms with Crippen LogP contribution in [0.4, 0.5) is 23.2 Å². The SMILES string of the molecule is O=C(Cc1ccc(-c2cnc3cc(-c4ccncc4)ccn23)cc1F)Nc1cccc(C(F)(F)F)c1. The number of nitrogens with zero attached hydrogens (tertiary/aromatic N) is 3. The van der Waals surface area contributed by atoms with Gasteiger partial charge >= 0.3 is 6.18 Å². The van der Waals surface area contributed by atoms with E-state index in [4.69, 9.17) is 0 Å². The minimum absolute atomic E-state index is 0.0104. The monoisotopic (exact) mass is 490 g/mol. The molecule has 0 saturated heterocycles. The molecule has 5 aromatic rings. The van der Waals surface area contributed by atoms with Gasteiger partial charge in [-0.1, -0.05) is 18.2 Å². The lowest BCUT2D eigenvalue weighted by atomic mass is 10.1. The Morgan fingerprint density at radius 1 is 0.917 bits per heavy atom. The van der Waals surface area contributed by atoms with Gasteiger partial charge in [0.2, 0.25) is 5.91 Å². The number of aromatic nitrogens is 3. The number of hydrogen-bond donors (Lipinski definition) is 1. The van der Waals surface area contributed by atoms with E-state index in [-0.39, 0.29) is 17.7 Å². The first-order valence-electron chi connectivity index (χ1n) is 10.9. The lowest BCUT2D eigenvalue weighted by Crippen LogP contribution is -2.16. The number of carbonyl (C=O) groups excluding carboxylic acids is 1. The minimum Gasteiger partial charge on any atom is -0.326 e. The highest BCUT2D eigenvalue weighted by Gasteiger charge is 2.30. The van der Waals surface area contributed by atoms with Gasteiger partial charge in [-0.3, -0.25) is 14.2 Å². The minimum atomic E-state index is -4.53. The lowest BCUT2D eigenvalue weighted by Gasteiger charge is -2.11. The Kier molecular flexibility index (Phi) is 5.97. The van der Waals surface area contributed by atoms with Gasteiger partial charge < -0.3 is 5.32 Å². The third-order valence-electron chi connectivity index (χ3n) is 5.70. The maximum Gasteiger partial charge on any atom is 0.416 e. The maximum absolute atomic E-state index is 14.9. The summed E-state index contributed by atoms with van der Waals surface area (Å²) < 4.78 is 55.4. The molecule has 0 atom stereocenters. The molecule has 5 nitrogen and oxygen atoms in total. The summed E-state index contributed by atoms with van der Waals surface area (Å²) in [6.07, 6.45) is 2.05. The average Bonchev–Trinajstić information content (AvgIpc) is 3.29. The summed E-state index contributed by atoms with van der Waals surface area (Å²) in [5.74, 6) is -1.23. The highest BCUT2D eigenvalue weighted by Crippen LogP contribution is 2.31. The molecule has 0 aliphatic heterocycles. The van der Waals surface area contributed by atoms with Crippen molar-refractivity contribution in [2.45, 2.75) is 12.6 Å². The standard InChI is InChI=1S/C27H18F4N4O/c28-23-12-20(24-16-33-25-13-18(8-11-35(24)25)17-6-9-32-10-7-17)5-4-19(23)14-26(36)34-22-3-1-2-21(15-22)27(29,30)31/h1-13,15-16H,14H2,(H,34,36). The van der Waals surface area contributed by atoms with Crippen molar-refractivity contribution in [2.75, 3.05) is 5.32 Å². The zero-order valence-electron chi connectivity index (χ0n) is 18.6. The number of rotatable bonds is 5. The predicted octanol–water partition coefficient (Wildman–Crippen LogP) is 6.40. The van der Waals surface area contributed by atoms with Gasteiger partial charge in [-0.2, -0.15) is 13.2 Å². The van der Waals surface area contributed by atoms with Crippen LogP contribution in [0.2, 0.25) is 0 Å². The fourth-order valence-electron chi connectivity index (χ4n) is 3.92. The summed E-state index contributed by atoms with van der Waals surface area (Å²) in [6, 6.07) is 16.4. The van der Waals surface area contributed by atoms with Crippen molar-refractivity contribution in [1.29, 1.82) is 0 Å². The molecular formula is C27H18F4N4O. The largest absolute Gasteiger partial charge is 0.416 e. The summed E-state index contributed by atoms with van der Waals surface area (Å²) in [4.78, 5) is 20.8. The van der Waals surface area contributed by atoms with Gasteiger partial charge in [0.25, 0.3) is 0 Å². The number of imidazole rings is 1. The zero-order chi connectivity index (χ0) is 25.3. The Morgan fingerprint density at radius 3 is 2.47 bits per heavy atom. The predicted molar refractivity (Wildman–Crippen MR) is 128 cm³/mol. The molecule has 0 bridgehead atoms. The second-order valence-electron chi connectivity index (χ2n) is 8.13. The van der Waals surface area contributed by atoms with Gasteiger partial charge in [-0.25, -0.2) is 9.37 Å². The second kappa shape index (κ2) is 9.26. The third-order valence-corrected chi connectivity index (χ3v) is 5.70. The van der Waals surface area contributed by atoms with Gasteiger partial charge in [-0.15, -0.1) is 0 Å². The highest BCUT2D eigenvalue weighted by atomic mass is 19.4. The van der Waals surface area contributed by atoms with E-state index in [0.717, 1.165) is 23.3 Å². The first kappa shape index (κ1) is 23.2. The van der Waals surface area contributed by atoms with Crippen LogP contribution in [-0.4, -0.2) is 20.3 Å². The molecular weight excluding hydrogens is 472 g/mol. The molecule has 1 N–H and O–H groups in total. The molecule has 0 radical (unpaired) electrons. The molecule has 9 heteroatoms. The molecule has 2 aromatic carbocycles. The smallest absolute Gasteiger partial charge is 0.326 e. The number of nitrogens with one attached hydrogen (secondary N) is 1. The van der Waals surface area contributed by atoms with Crippen molar-refractivity contribution in [2.24, 2.45) is 0 Å². The Morgan fingerprint density at radius 2 is 1.72 bits per heavy atom. The van der Waals surface area contributed by atoms with E-state index in [1.54, 1.807) is 24.7 Å². The van der Waals surface area contributed by atoms with Crippen LogP contribution in [0.1, 0.15) is 11.1 Å².